The van der Waals surface area contributed by atoms with Crippen molar-refractivity contribution in [3.05, 3.63) is 64.4 Å². The van der Waals surface area contributed by atoms with Crippen LogP contribution in [0.1, 0.15) is 35.0 Å². The van der Waals surface area contributed by atoms with Gasteiger partial charge in [0, 0.05) is 21.4 Å². The molecule has 3 heterocycles. The van der Waals surface area contributed by atoms with Crippen LogP contribution < -0.4 is 0 Å². The summed E-state index contributed by atoms with van der Waals surface area (Å²) in [6.07, 6.45) is 7.49. The summed E-state index contributed by atoms with van der Waals surface area (Å²) in [4.78, 5) is 7.94. The van der Waals surface area contributed by atoms with E-state index in [-0.39, 0.29) is 0 Å². The van der Waals surface area contributed by atoms with Crippen LogP contribution in [0.4, 0.5) is 0 Å². The number of furan rings is 1. The number of aromatic nitrogens is 1. The lowest BCUT2D eigenvalue weighted by Crippen LogP contribution is -2.10. The molecule has 2 nitrogen and oxygen atoms in total. The van der Waals surface area contributed by atoms with E-state index in [1.165, 1.54) is 56.6 Å². The van der Waals surface area contributed by atoms with E-state index in [4.69, 9.17) is 9.40 Å². The number of benzene rings is 1. The Labute approximate surface area is 162 Å². The molecule has 134 valence electrons. The lowest BCUT2D eigenvalue weighted by molar-refractivity contribution is 0.509. The van der Waals surface area contributed by atoms with Crippen LogP contribution >= 0.6 is 11.3 Å². The standard InChI is InChI=1S/C24H21NOS/c1-14-8-10-17-20(13-14)27-24-22(17)23(19-7-4-12-26-19)21-16-6-3-2-5-15(16)9-11-18(21)25-24/h2-7,12,14H,8-11,13H2,1H3/t14-/m0/s1. The Bertz CT molecular complexity index is 1170. The van der Waals surface area contributed by atoms with Crippen LogP contribution in [0.3, 0.4) is 0 Å². The van der Waals surface area contributed by atoms with Crippen LogP contribution in [0.25, 0.3) is 32.7 Å². The number of aryl methyl sites for hydroxylation is 3. The van der Waals surface area contributed by atoms with E-state index in [9.17, 15) is 0 Å². The molecule has 1 aromatic carbocycles. The zero-order valence-electron chi connectivity index (χ0n) is 15.4. The Hall–Kier alpha value is -2.39. The van der Waals surface area contributed by atoms with Gasteiger partial charge in [-0.3, -0.25) is 0 Å². The molecule has 0 spiro atoms. The van der Waals surface area contributed by atoms with Gasteiger partial charge in [0.2, 0.25) is 0 Å². The van der Waals surface area contributed by atoms with E-state index in [1.54, 1.807) is 11.1 Å². The maximum Gasteiger partial charge on any atom is 0.135 e. The predicted octanol–water partition coefficient (Wildman–Crippen LogP) is 6.45. The zero-order chi connectivity index (χ0) is 18.0. The SMILES string of the molecule is C[C@H]1CCc2c(sc3nc4c(c(-c5ccco5)c23)-c2ccccc2CC4)C1. The van der Waals surface area contributed by atoms with Gasteiger partial charge in [-0.2, -0.15) is 0 Å². The molecule has 27 heavy (non-hydrogen) atoms. The number of thiophene rings is 1. The highest BCUT2D eigenvalue weighted by atomic mass is 32.1. The highest BCUT2D eigenvalue weighted by molar-refractivity contribution is 7.19. The highest BCUT2D eigenvalue weighted by Gasteiger charge is 2.29. The number of hydrogen-bond donors (Lipinski definition) is 0. The van der Waals surface area contributed by atoms with Crippen LogP contribution in [-0.4, -0.2) is 4.98 Å². The summed E-state index contributed by atoms with van der Waals surface area (Å²) in [5.41, 5.74) is 8.11. The van der Waals surface area contributed by atoms with Gasteiger partial charge >= 0.3 is 0 Å². The molecule has 0 N–H and O–H groups in total. The average molecular weight is 372 g/mol. The first kappa shape index (κ1) is 15.6. The minimum absolute atomic E-state index is 0.771. The van der Waals surface area contributed by atoms with Crippen LogP contribution in [0.15, 0.2) is 47.1 Å². The molecule has 0 unspecified atom stereocenters. The first-order valence-electron chi connectivity index (χ1n) is 9.89. The summed E-state index contributed by atoms with van der Waals surface area (Å²) >= 11 is 1.92. The van der Waals surface area contributed by atoms with Gasteiger partial charge < -0.3 is 4.42 Å². The third-order valence-corrected chi connectivity index (χ3v) is 7.35. The fourth-order valence-electron chi connectivity index (χ4n) is 4.89. The minimum Gasteiger partial charge on any atom is -0.464 e. The molecule has 0 saturated heterocycles. The summed E-state index contributed by atoms with van der Waals surface area (Å²) in [6.45, 7) is 2.37. The summed E-state index contributed by atoms with van der Waals surface area (Å²) in [7, 11) is 0. The molecule has 0 bridgehead atoms. The van der Waals surface area contributed by atoms with Gasteiger partial charge in [0.1, 0.15) is 10.6 Å². The Kier molecular flexibility index (Phi) is 3.36. The summed E-state index contributed by atoms with van der Waals surface area (Å²) in [5, 5.41) is 1.35. The van der Waals surface area contributed by atoms with E-state index < -0.39 is 0 Å². The molecule has 0 aliphatic heterocycles. The number of fused-ring (bicyclic) bond motifs is 6. The lowest BCUT2D eigenvalue weighted by atomic mass is 9.82. The second-order valence-corrected chi connectivity index (χ2v) is 9.06. The molecule has 4 aromatic rings. The molecule has 2 aliphatic carbocycles. The van der Waals surface area contributed by atoms with Crippen molar-refractivity contribution in [2.75, 3.05) is 0 Å². The molecule has 2 aliphatic rings. The van der Waals surface area contributed by atoms with Crippen molar-refractivity contribution < 1.29 is 4.42 Å². The topological polar surface area (TPSA) is 26.0 Å². The number of pyridine rings is 1. The zero-order valence-corrected chi connectivity index (χ0v) is 16.2. The molecule has 0 fully saturated rings. The number of hydrogen-bond acceptors (Lipinski definition) is 3. The maximum absolute atomic E-state index is 5.97. The molecular weight excluding hydrogens is 350 g/mol. The van der Waals surface area contributed by atoms with Crippen LogP contribution in [0, 0.1) is 5.92 Å². The number of nitrogens with zero attached hydrogens (tertiary/aromatic N) is 1. The second-order valence-electron chi connectivity index (χ2n) is 7.97. The van der Waals surface area contributed by atoms with Gasteiger partial charge in [-0.05, 0) is 66.8 Å². The predicted molar refractivity (Wildman–Crippen MR) is 111 cm³/mol. The van der Waals surface area contributed by atoms with E-state index in [1.807, 2.05) is 17.4 Å². The maximum atomic E-state index is 5.97. The first-order chi connectivity index (χ1) is 13.3. The molecule has 0 amide bonds. The monoisotopic (exact) mass is 371 g/mol. The van der Waals surface area contributed by atoms with Gasteiger partial charge in [-0.25, -0.2) is 4.98 Å². The van der Waals surface area contributed by atoms with E-state index in [2.05, 4.69) is 37.3 Å². The fraction of sp³-hybridized carbons (Fsp3) is 0.292. The third-order valence-electron chi connectivity index (χ3n) is 6.20. The fourth-order valence-corrected chi connectivity index (χ4v) is 6.31. The van der Waals surface area contributed by atoms with Crippen LogP contribution in [0.2, 0.25) is 0 Å². The van der Waals surface area contributed by atoms with Crippen molar-refractivity contribution in [1.29, 1.82) is 0 Å². The van der Waals surface area contributed by atoms with Gasteiger partial charge in [0.15, 0.2) is 0 Å². The molecule has 3 heteroatoms. The summed E-state index contributed by atoms with van der Waals surface area (Å²) < 4.78 is 5.97. The first-order valence-corrected chi connectivity index (χ1v) is 10.7. The Morgan fingerprint density at radius 1 is 1.04 bits per heavy atom. The Morgan fingerprint density at radius 3 is 2.85 bits per heavy atom. The largest absolute Gasteiger partial charge is 0.464 e. The smallest absolute Gasteiger partial charge is 0.135 e. The van der Waals surface area contributed by atoms with Crippen LogP contribution in [-0.2, 0) is 25.7 Å². The highest BCUT2D eigenvalue weighted by Crippen LogP contribution is 2.48. The minimum atomic E-state index is 0.771. The van der Waals surface area contributed by atoms with Crippen molar-refractivity contribution in [1.82, 2.24) is 4.98 Å². The molecule has 0 saturated carbocycles. The van der Waals surface area contributed by atoms with Gasteiger partial charge in [-0.1, -0.05) is 31.2 Å². The van der Waals surface area contributed by atoms with Gasteiger partial charge in [-0.15, -0.1) is 11.3 Å². The quantitative estimate of drug-likeness (QED) is 0.384. The summed E-state index contributed by atoms with van der Waals surface area (Å²) in [5.74, 6) is 1.75. The van der Waals surface area contributed by atoms with Gasteiger partial charge in [0.05, 0.1) is 12.0 Å². The lowest BCUT2D eigenvalue weighted by Gasteiger charge is -2.23. The Balaban J connectivity index is 1.76. The summed E-state index contributed by atoms with van der Waals surface area (Å²) in [6, 6.07) is 12.9. The third kappa shape index (κ3) is 2.28. The molecule has 0 radical (unpaired) electrons. The normalized spacial score (nSPS) is 18.2. The van der Waals surface area contributed by atoms with E-state index in [0.717, 1.165) is 30.9 Å². The average Bonchev–Trinajstić information content (AvgIpc) is 3.33. The van der Waals surface area contributed by atoms with Crippen LogP contribution in [0.5, 0.6) is 0 Å². The number of rotatable bonds is 1. The van der Waals surface area contributed by atoms with E-state index >= 15 is 0 Å². The molecule has 3 aromatic heterocycles. The van der Waals surface area contributed by atoms with Crippen molar-refractivity contribution >= 4 is 21.6 Å². The molecular formula is C24H21NOS. The molecule has 6 rings (SSSR count). The van der Waals surface area contributed by atoms with Crippen molar-refractivity contribution in [3.63, 3.8) is 0 Å². The molecule has 1 atom stereocenters. The van der Waals surface area contributed by atoms with E-state index in [0.29, 0.717) is 0 Å². The Morgan fingerprint density at radius 2 is 1.96 bits per heavy atom. The second kappa shape index (κ2) is 5.80. The van der Waals surface area contributed by atoms with Crippen molar-refractivity contribution in [2.24, 2.45) is 5.92 Å². The van der Waals surface area contributed by atoms with Crippen molar-refractivity contribution in [2.45, 2.75) is 39.0 Å². The van der Waals surface area contributed by atoms with Gasteiger partial charge in [0.25, 0.3) is 0 Å². The van der Waals surface area contributed by atoms with Crippen molar-refractivity contribution in [3.8, 4) is 22.5 Å².